The Morgan fingerprint density at radius 3 is 2.80 bits per heavy atom. The van der Waals surface area contributed by atoms with Gasteiger partial charge in [0, 0.05) is 17.1 Å². The van der Waals surface area contributed by atoms with Crippen molar-refractivity contribution in [3.8, 4) is 11.8 Å². The number of methoxy groups -OCH3 is 1. The van der Waals surface area contributed by atoms with Crippen molar-refractivity contribution < 1.29 is 4.74 Å². The molecule has 1 aromatic carbocycles. The SMILES string of the molecule is CCc1cc2cc(C#N)cc(OC)c2[nH]1. The smallest absolute Gasteiger partial charge is 0.144 e. The number of H-pyrrole nitrogens is 1. The third-order valence-corrected chi connectivity index (χ3v) is 2.48. The summed E-state index contributed by atoms with van der Waals surface area (Å²) >= 11 is 0. The lowest BCUT2D eigenvalue weighted by Gasteiger charge is -2.01. The molecule has 0 amide bonds. The summed E-state index contributed by atoms with van der Waals surface area (Å²) in [4.78, 5) is 3.28. The Bertz CT molecular complexity index is 534. The number of rotatable bonds is 2. The number of hydrogen-bond acceptors (Lipinski definition) is 2. The van der Waals surface area contributed by atoms with Crippen LogP contribution in [0.5, 0.6) is 5.75 Å². The van der Waals surface area contributed by atoms with Crippen LogP contribution in [0.25, 0.3) is 10.9 Å². The van der Waals surface area contributed by atoms with Crippen LogP contribution in [-0.4, -0.2) is 12.1 Å². The predicted octanol–water partition coefficient (Wildman–Crippen LogP) is 2.61. The molecule has 0 saturated carbocycles. The number of nitrogens with zero attached hydrogens (tertiary/aromatic N) is 1. The van der Waals surface area contributed by atoms with Gasteiger partial charge in [0.2, 0.25) is 0 Å². The first-order chi connectivity index (χ1) is 7.28. The van der Waals surface area contributed by atoms with Gasteiger partial charge in [0.1, 0.15) is 5.75 Å². The number of aromatic amines is 1. The first kappa shape index (κ1) is 9.60. The van der Waals surface area contributed by atoms with Crippen LogP contribution in [0.4, 0.5) is 0 Å². The summed E-state index contributed by atoms with van der Waals surface area (Å²) in [6, 6.07) is 7.80. The molecular formula is C12H12N2O. The zero-order valence-electron chi connectivity index (χ0n) is 8.79. The quantitative estimate of drug-likeness (QED) is 0.810. The van der Waals surface area contributed by atoms with Crippen molar-refractivity contribution in [1.29, 1.82) is 5.26 Å². The molecule has 1 aromatic heterocycles. The lowest BCUT2D eigenvalue weighted by atomic mass is 10.1. The van der Waals surface area contributed by atoms with E-state index in [-0.39, 0.29) is 0 Å². The molecule has 0 aliphatic rings. The van der Waals surface area contributed by atoms with Crippen LogP contribution in [0, 0.1) is 11.3 Å². The maximum atomic E-state index is 8.87. The molecule has 2 rings (SSSR count). The van der Waals surface area contributed by atoms with Gasteiger partial charge < -0.3 is 9.72 Å². The lowest BCUT2D eigenvalue weighted by molar-refractivity contribution is 0.419. The highest BCUT2D eigenvalue weighted by molar-refractivity contribution is 5.87. The molecule has 0 saturated heterocycles. The second-order valence-electron chi connectivity index (χ2n) is 3.40. The van der Waals surface area contributed by atoms with E-state index in [1.165, 1.54) is 0 Å². The van der Waals surface area contributed by atoms with Gasteiger partial charge in [-0.05, 0) is 18.6 Å². The lowest BCUT2D eigenvalue weighted by Crippen LogP contribution is -1.86. The number of aromatic nitrogens is 1. The van der Waals surface area contributed by atoms with Crippen molar-refractivity contribution in [3.05, 3.63) is 29.5 Å². The fourth-order valence-corrected chi connectivity index (χ4v) is 1.68. The van der Waals surface area contributed by atoms with Gasteiger partial charge in [-0.15, -0.1) is 0 Å². The van der Waals surface area contributed by atoms with E-state index >= 15 is 0 Å². The van der Waals surface area contributed by atoms with Crippen LogP contribution >= 0.6 is 0 Å². The zero-order chi connectivity index (χ0) is 10.8. The maximum Gasteiger partial charge on any atom is 0.144 e. The minimum absolute atomic E-state index is 0.626. The van der Waals surface area contributed by atoms with Gasteiger partial charge in [-0.3, -0.25) is 0 Å². The molecule has 0 unspecified atom stereocenters. The molecule has 0 atom stereocenters. The predicted molar refractivity (Wildman–Crippen MR) is 58.9 cm³/mol. The number of nitriles is 1. The van der Waals surface area contributed by atoms with Crippen molar-refractivity contribution in [2.24, 2.45) is 0 Å². The molecule has 3 nitrogen and oxygen atoms in total. The fraction of sp³-hybridized carbons (Fsp3) is 0.250. The average molecular weight is 200 g/mol. The molecule has 3 heteroatoms. The van der Waals surface area contributed by atoms with Gasteiger partial charge in [0.05, 0.1) is 24.3 Å². The van der Waals surface area contributed by atoms with Crippen molar-refractivity contribution in [3.63, 3.8) is 0 Å². The van der Waals surface area contributed by atoms with E-state index in [0.29, 0.717) is 5.56 Å². The first-order valence-electron chi connectivity index (χ1n) is 4.88. The minimum Gasteiger partial charge on any atom is -0.495 e. The molecule has 0 aliphatic carbocycles. The van der Waals surface area contributed by atoms with Gasteiger partial charge in [-0.2, -0.15) is 5.26 Å². The Kier molecular flexibility index (Phi) is 2.34. The number of nitrogens with one attached hydrogen (secondary N) is 1. The summed E-state index contributed by atoms with van der Waals surface area (Å²) in [5.41, 5.74) is 2.74. The third kappa shape index (κ3) is 1.55. The summed E-state index contributed by atoms with van der Waals surface area (Å²) in [6.45, 7) is 2.09. The summed E-state index contributed by atoms with van der Waals surface area (Å²) in [7, 11) is 1.61. The molecule has 0 radical (unpaired) electrons. The van der Waals surface area contributed by atoms with Crippen molar-refractivity contribution in [2.75, 3.05) is 7.11 Å². The van der Waals surface area contributed by atoms with E-state index in [1.807, 2.05) is 6.07 Å². The van der Waals surface area contributed by atoms with Crippen LogP contribution in [-0.2, 0) is 6.42 Å². The summed E-state index contributed by atoms with van der Waals surface area (Å²) in [5.74, 6) is 0.726. The molecule has 15 heavy (non-hydrogen) atoms. The molecule has 0 spiro atoms. The number of benzene rings is 1. The van der Waals surface area contributed by atoms with Gasteiger partial charge in [0.25, 0.3) is 0 Å². The van der Waals surface area contributed by atoms with E-state index < -0.39 is 0 Å². The number of hydrogen-bond donors (Lipinski definition) is 1. The Labute approximate surface area is 88.3 Å². The molecule has 1 heterocycles. The van der Waals surface area contributed by atoms with Crippen molar-refractivity contribution in [1.82, 2.24) is 4.98 Å². The van der Waals surface area contributed by atoms with Crippen LogP contribution < -0.4 is 4.74 Å². The Morgan fingerprint density at radius 2 is 2.20 bits per heavy atom. The standard InChI is InChI=1S/C12H12N2O/c1-3-10-6-9-4-8(7-13)5-11(15-2)12(9)14-10/h4-6,14H,3H2,1-2H3. The molecular weight excluding hydrogens is 188 g/mol. The number of fused-ring (bicyclic) bond motifs is 1. The highest BCUT2D eigenvalue weighted by Gasteiger charge is 2.07. The highest BCUT2D eigenvalue weighted by atomic mass is 16.5. The topological polar surface area (TPSA) is 48.8 Å². The summed E-state index contributed by atoms with van der Waals surface area (Å²) in [5, 5.41) is 9.90. The van der Waals surface area contributed by atoms with E-state index in [9.17, 15) is 0 Å². The molecule has 2 aromatic rings. The van der Waals surface area contributed by atoms with Crippen LogP contribution in [0.3, 0.4) is 0 Å². The van der Waals surface area contributed by atoms with Gasteiger partial charge in [0.15, 0.2) is 0 Å². The van der Waals surface area contributed by atoms with E-state index in [0.717, 1.165) is 28.8 Å². The average Bonchev–Trinajstić information content (AvgIpc) is 2.70. The van der Waals surface area contributed by atoms with Gasteiger partial charge in [-0.25, -0.2) is 0 Å². The molecule has 1 N–H and O–H groups in total. The largest absolute Gasteiger partial charge is 0.495 e. The first-order valence-corrected chi connectivity index (χ1v) is 4.88. The molecule has 0 bridgehead atoms. The van der Waals surface area contributed by atoms with Crippen LogP contribution in [0.1, 0.15) is 18.2 Å². The molecule has 0 aliphatic heterocycles. The van der Waals surface area contributed by atoms with Crippen molar-refractivity contribution >= 4 is 10.9 Å². The second kappa shape index (κ2) is 3.66. The molecule has 76 valence electrons. The normalized spacial score (nSPS) is 10.2. The second-order valence-corrected chi connectivity index (χ2v) is 3.40. The number of aryl methyl sites for hydroxylation is 1. The van der Waals surface area contributed by atoms with E-state index in [1.54, 1.807) is 13.2 Å². The third-order valence-electron chi connectivity index (χ3n) is 2.48. The monoisotopic (exact) mass is 200 g/mol. The van der Waals surface area contributed by atoms with Crippen LogP contribution in [0.15, 0.2) is 18.2 Å². The van der Waals surface area contributed by atoms with E-state index in [4.69, 9.17) is 10.00 Å². The zero-order valence-corrected chi connectivity index (χ0v) is 8.79. The van der Waals surface area contributed by atoms with Crippen LogP contribution in [0.2, 0.25) is 0 Å². The minimum atomic E-state index is 0.626. The summed E-state index contributed by atoms with van der Waals surface area (Å²) < 4.78 is 5.25. The Balaban J connectivity index is 2.73. The summed E-state index contributed by atoms with van der Waals surface area (Å²) in [6.07, 6.45) is 0.944. The Hall–Kier alpha value is -1.95. The fourth-order valence-electron chi connectivity index (χ4n) is 1.68. The Morgan fingerprint density at radius 1 is 1.40 bits per heavy atom. The maximum absolute atomic E-state index is 8.87. The highest BCUT2D eigenvalue weighted by Crippen LogP contribution is 2.27. The van der Waals surface area contributed by atoms with E-state index in [2.05, 4.69) is 24.0 Å². The van der Waals surface area contributed by atoms with Gasteiger partial charge in [-0.1, -0.05) is 6.92 Å². The number of ether oxygens (including phenoxy) is 1. The van der Waals surface area contributed by atoms with Crippen molar-refractivity contribution in [2.45, 2.75) is 13.3 Å². The molecule has 0 fully saturated rings. The van der Waals surface area contributed by atoms with Gasteiger partial charge >= 0.3 is 0 Å².